The highest BCUT2D eigenvalue weighted by molar-refractivity contribution is 5.88. The van der Waals surface area contributed by atoms with Gasteiger partial charge in [-0.25, -0.2) is 0 Å². The highest BCUT2D eigenvalue weighted by Gasteiger charge is 2.62. The zero-order chi connectivity index (χ0) is 25.7. The van der Waals surface area contributed by atoms with Crippen molar-refractivity contribution in [3.8, 4) is 0 Å². The third-order valence-electron chi connectivity index (χ3n) is 11.2. The molecule has 0 aliphatic heterocycles. The molecule has 4 rings (SSSR count). The first-order valence-electron chi connectivity index (χ1n) is 14.2. The van der Waals surface area contributed by atoms with Crippen LogP contribution in [0.25, 0.3) is 0 Å². The molecule has 4 aliphatic carbocycles. The smallest absolute Gasteiger partial charge is 0.302 e. The van der Waals surface area contributed by atoms with Gasteiger partial charge in [-0.2, -0.15) is 0 Å². The summed E-state index contributed by atoms with van der Waals surface area (Å²) in [6.45, 7) is 12.9. The number of nitrogens with zero attached hydrogens (tertiary/aromatic N) is 1. The third-order valence-corrected chi connectivity index (χ3v) is 11.2. The summed E-state index contributed by atoms with van der Waals surface area (Å²) in [4.78, 5) is 27.2. The second kappa shape index (κ2) is 9.84. The van der Waals surface area contributed by atoms with E-state index in [1.807, 2.05) is 13.8 Å². The molecule has 0 aromatic rings. The zero-order valence-electron chi connectivity index (χ0n) is 23.5. The Kier molecular flexibility index (Phi) is 7.50. The van der Waals surface area contributed by atoms with Gasteiger partial charge in [0.1, 0.15) is 6.10 Å². The van der Waals surface area contributed by atoms with Crippen LogP contribution in [-0.4, -0.2) is 49.1 Å². The molecule has 198 valence electrons. The van der Waals surface area contributed by atoms with Crippen molar-refractivity contribution >= 4 is 11.9 Å². The summed E-state index contributed by atoms with van der Waals surface area (Å²) in [5.74, 6) is 3.10. The van der Waals surface area contributed by atoms with Gasteiger partial charge in [0, 0.05) is 25.0 Å². The Morgan fingerprint density at radius 1 is 0.914 bits per heavy atom. The molecular formula is C30H50N2O3. The minimum atomic E-state index is -0.227. The van der Waals surface area contributed by atoms with Crippen molar-refractivity contribution in [2.24, 2.45) is 40.4 Å². The predicted molar refractivity (Wildman–Crippen MR) is 141 cm³/mol. The number of fused-ring (bicyclic) bond motifs is 5. The predicted octanol–water partition coefficient (Wildman–Crippen LogP) is 5.59. The fourth-order valence-corrected chi connectivity index (χ4v) is 9.50. The van der Waals surface area contributed by atoms with Gasteiger partial charge in [-0.05, 0) is 121 Å². The van der Waals surface area contributed by atoms with Crippen LogP contribution in [0.15, 0.2) is 11.6 Å². The van der Waals surface area contributed by atoms with Crippen LogP contribution in [0.3, 0.4) is 0 Å². The van der Waals surface area contributed by atoms with Gasteiger partial charge in [-0.1, -0.05) is 19.4 Å². The van der Waals surface area contributed by atoms with Crippen LogP contribution in [0, 0.1) is 40.4 Å². The van der Waals surface area contributed by atoms with E-state index in [0.717, 1.165) is 42.6 Å². The van der Waals surface area contributed by atoms with Crippen LogP contribution < -0.4 is 5.32 Å². The molecule has 5 nitrogen and oxygen atoms in total. The van der Waals surface area contributed by atoms with Crippen molar-refractivity contribution in [1.82, 2.24) is 10.2 Å². The largest absolute Gasteiger partial charge is 0.460 e. The molecule has 10 atom stereocenters. The van der Waals surface area contributed by atoms with Crippen molar-refractivity contribution in [3.63, 3.8) is 0 Å². The topological polar surface area (TPSA) is 58.6 Å². The van der Waals surface area contributed by atoms with E-state index in [2.05, 4.69) is 45.1 Å². The minimum absolute atomic E-state index is 0.0649. The number of rotatable bonds is 5. The van der Waals surface area contributed by atoms with Gasteiger partial charge in [-0.15, -0.1) is 0 Å². The monoisotopic (exact) mass is 486 g/mol. The molecule has 0 aromatic carbocycles. The lowest BCUT2D eigenvalue weighted by Gasteiger charge is -2.62. The summed E-state index contributed by atoms with van der Waals surface area (Å²) in [5, 5.41) is 3.20. The van der Waals surface area contributed by atoms with E-state index in [4.69, 9.17) is 4.74 Å². The van der Waals surface area contributed by atoms with Gasteiger partial charge in [0.05, 0.1) is 6.04 Å². The van der Waals surface area contributed by atoms with Gasteiger partial charge in [0.25, 0.3) is 0 Å². The fourth-order valence-electron chi connectivity index (χ4n) is 9.50. The molecule has 0 saturated heterocycles. The number of hydrogen-bond acceptors (Lipinski definition) is 4. The highest BCUT2D eigenvalue weighted by Crippen LogP contribution is 2.68. The lowest BCUT2D eigenvalue weighted by molar-refractivity contribution is -0.180. The van der Waals surface area contributed by atoms with Crippen LogP contribution in [-0.2, 0) is 14.3 Å². The van der Waals surface area contributed by atoms with E-state index in [1.165, 1.54) is 39.0 Å². The molecule has 0 radical (unpaired) electrons. The SMILES string of the molecule is CC(=O)OC1C(NC(=O)C=C(C)C)CCC2(C)C3CCC4(C)C(CCC4C(C)N(C)C)C3CCC12. The van der Waals surface area contributed by atoms with Gasteiger partial charge in [0.2, 0.25) is 5.91 Å². The maximum atomic E-state index is 12.6. The summed E-state index contributed by atoms with van der Waals surface area (Å²) >= 11 is 0. The Morgan fingerprint density at radius 3 is 2.17 bits per heavy atom. The molecule has 10 unspecified atom stereocenters. The van der Waals surface area contributed by atoms with Crippen molar-refractivity contribution in [1.29, 1.82) is 0 Å². The van der Waals surface area contributed by atoms with E-state index in [-0.39, 0.29) is 29.4 Å². The average molecular weight is 487 g/mol. The summed E-state index contributed by atoms with van der Waals surface area (Å²) in [5.41, 5.74) is 1.60. The molecule has 35 heavy (non-hydrogen) atoms. The van der Waals surface area contributed by atoms with Gasteiger partial charge >= 0.3 is 5.97 Å². The van der Waals surface area contributed by atoms with Crippen LogP contribution in [0.4, 0.5) is 0 Å². The van der Waals surface area contributed by atoms with E-state index >= 15 is 0 Å². The fraction of sp³-hybridized carbons (Fsp3) is 0.867. The Morgan fingerprint density at radius 2 is 1.54 bits per heavy atom. The van der Waals surface area contributed by atoms with E-state index < -0.39 is 0 Å². The number of ether oxygens (including phenoxy) is 1. The number of hydrogen-bond donors (Lipinski definition) is 1. The van der Waals surface area contributed by atoms with Gasteiger partial charge < -0.3 is 15.0 Å². The Hall–Kier alpha value is -1.36. The number of carbonyl (C=O) groups is 2. The molecule has 4 fully saturated rings. The summed E-state index contributed by atoms with van der Waals surface area (Å²) in [7, 11) is 4.48. The van der Waals surface area contributed by atoms with Gasteiger partial charge in [0.15, 0.2) is 0 Å². The molecule has 0 spiro atoms. The van der Waals surface area contributed by atoms with Crippen molar-refractivity contribution in [2.75, 3.05) is 14.1 Å². The number of amides is 1. The molecule has 1 amide bonds. The van der Waals surface area contributed by atoms with Crippen molar-refractivity contribution < 1.29 is 14.3 Å². The number of allylic oxidation sites excluding steroid dienone is 1. The number of nitrogens with one attached hydrogen (secondary N) is 1. The second-order valence-corrected chi connectivity index (χ2v) is 13.4. The second-order valence-electron chi connectivity index (χ2n) is 13.4. The van der Waals surface area contributed by atoms with Crippen molar-refractivity contribution in [3.05, 3.63) is 11.6 Å². The molecule has 1 N–H and O–H groups in total. The molecule has 0 heterocycles. The maximum Gasteiger partial charge on any atom is 0.302 e. The van der Waals surface area contributed by atoms with Crippen LogP contribution >= 0.6 is 0 Å². The molecule has 0 aromatic heterocycles. The number of esters is 1. The summed E-state index contributed by atoms with van der Waals surface area (Å²) < 4.78 is 6.03. The van der Waals surface area contributed by atoms with Crippen LogP contribution in [0.5, 0.6) is 0 Å². The summed E-state index contributed by atoms with van der Waals surface area (Å²) in [6, 6.07) is 0.531. The van der Waals surface area contributed by atoms with E-state index in [0.29, 0.717) is 23.3 Å². The molecule has 0 bridgehead atoms. The highest BCUT2D eigenvalue weighted by atomic mass is 16.5. The van der Waals surface area contributed by atoms with Crippen LogP contribution in [0.2, 0.25) is 0 Å². The standard InChI is InChI=1S/C30H50N2O3/c1-18(2)17-27(34)31-26-14-16-30(6)24-13-15-29(5)22(19(3)32(7)8)11-12-23(29)21(24)9-10-25(30)28(26)35-20(4)33/h17,19,21-26,28H,9-16H2,1-8H3,(H,31,34). The first-order valence-corrected chi connectivity index (χ1v) is 14.2. The van der Waals surface area contributed by atoms with Crippen molar-refractivity contribution in [2.45, 2.75) is 111 Å². The Labute approximate surface area is 213 Å². The first-order chi connectivity index (χ1) is 16.4. The lowest BCUT2D eigenvalue weighted by atomic mass is 9.44. The summed E-state index contributed by atoms with van der Waals surface area (Å²) in [6.07, 6.45) is 11.1. The number of carbonyl (C=O) groups excluding carboxylic acids is 2. The molecule has 4 saturated carbocycles. The Balaban J connectivity index is 1.57. The van der Waals surface area contributed by atoms with E-state index in [9.17, 15) is 9.59 Å². The lowest BCUT2D eigenvalue weighted by Crippen LogP contribution is -2.62. The zero-order valence-corrected chi connectivity index (χ0v) is 23.5. The molecule has 4 aliphatic rings. The molecule has 5 heteroatoms. The van der Waals surface area contributed by atoms with E-state index in [1.54, 1.807) is 6.08 Å². The quantitative estimate of drug-likeness (QED) is 0.407. The first kappa shape index (κ1) is 26.7. The average Bonchev–Trinajstić information content (AvgIpc) is 3.11. The van der Waals surface area contributed by atoms with Gasteiger partial charge in [-0.3, -0.25) is 9.59 Å². The minimum Gasteiger partial charge on any atom is -0.460 e. The molecular weight excluding hydrogens is 436 g/mol. The Bertz CT molecular complexity index is 849. The maximum absolute atomic E-state index is 12.6. The van der Waals surface area contributed by atoms with Crippen LogP contribution in [0.1, 0.15) is 92.9 Å². The third kappa shape index (κ3) is 4.71. The normalized spacial score (nSPS) is 43.4.